The number of rotatable bonds is 5. The number of nitrogens with one attached hydrogen (secondary N) is 1. The number of nitrogen functional groups attached to an aromatic ring is 1. The molecule has 0 unspecified atom stereocenters. The molecule has 0 aliphatic heterocycles. The van der Waals surface area contributed by atoms with Gasteiger partial charge < -0.3 is 14.2 Å². The van der Waals surface area contributed by atoms with Gasteiger partial charge in [0.2, 0.25) is 11.7 Å². The van der Waals surface area contributed by atoms with Crippen molar-refractivity contribution in [2.24, 2.45) is 5.84 Å². The molecule has 0 bridgehead atoms. The summed E-state index contributed by atoms with van der Waals surface area (Å²) in [6, 6.07) is 5.38. The number of benzene rings is 1. The smallest absolute Gasteiger partial charge is 0.237 e. The van der Waals surface area contributed by atoms with Crippen LogP contribution in [0.15, 0.2) is 24.4 Å². The van der Waals surface area contributed by atoms with Crippen molar-refractivity contribution in [2.45, 2.75) is 0 Å². The van der Waals surface area contributed by atoms with Gasteiger partial charge in [0, 0.05) is 11.8 Å². The molecule has 2 aromatic rings. The normalized spacial score (nSPS) is 10.0. The van der Waals surface area contributed by atoms with Crippen molar-refractivity contribution < 1.29 is 14.2 Å². The van der Waals surface area contributed by atoms with E-state index in [0.717, 1.165) is 5.56 Å². The molecule has 1 aromatic heterocycles. The summed E-state index contributed by atoms with van der Waals surface area (Å²) >= 11 is 0. The summed E-state index contributed by atoms with van der Waals surface area (Å²) in [6.07, 6.45) is 1.60. The molecule has 0 amide bonds. The van der Waals surface area contributed by atoms with Gasteiger partial charge in [-0.2, -0.15) is 0 Å². The minimum Gasteiger partial charge on any atom is -0.493 e. The van der Waals surface area contributed by atoms with Crippen LogP contribution in [0.2, 0.25) is 0 Å². The number of anilines is 1. The lowest BCUT2D eigenvalue weighted by Gasteiger charge is -2.15. The zero-order valence-electron chi connectivity index (χ0n) is 11.5. The van der Waals surface area contributed by atoms with Crippen molar-refractivity contribution in [1.82, 2.24) is 9.97 Å². The minimum absolute atomic E-state index is 0.319. The van der Waals surface area contributed by atoms with Crippen molar-refractivity contribution in [2.75, 3.05) is 26.8 Å². The third kappa shape index (κ3) is 2.43. The van der Waals surface area contributed by atoms with Gasteiger partial charge in [0.1, 0.15) is 0 Å². The fourth-order valence-corrected chi connectivity index (χ4v) is 1.88. The van der Waals surface area contributed by atoms with Crippen LogP contribution in [-0.4, -0.2) is 31.3 Å². The average Bonchev–Trinajstić information content (AvgIpc) is 2.53. The van der Waals surface area contributed by atoms with E-state index >= 15 is 0 Å². The summed E-state index contributed by atoms with van der Waals surface area (Å²) in [4.78, 5) is 8.25. The molecule has 0 atom stereocenters. The highest BCUT2D eigenvalue weighted by Gasteiger charge is 2.17. The van der Waals surface area contributed by atoms with Crippen LogP contribution in [0.3, 0.4) is 0 Å². The van der Waals surface area contributed by atoms with Crippen molar-refractivity contribution in [3.63, 3.8) is 0 Å². The second-order valence-electron chi connectivity index (χ2n) is 3.79. The van der Waals surface area contributed by atoms with Crippen LogP contribution in [-0.2, 0) is 0 Å². The van der Waals surface area contributed by atoms with Crippen LogP contribution < -0.4 is 25.5 Å². The van der Waals surface area contributed by atoms with E-state index in [2.05, 4.69) is 15.4 Å². The first-order valence-corrected chi connectivity index (χ1v) is 5.84. The number of nitrogens with zero attached hydrogens (tertiary/aromatic N) is 2. The Balaban J connectivity index is 2.61. The number of nitrogens with two attached hydrogens (primary N) is 1. The predicted octanol–water partition coefficient (Wildman–Crippen LogP) is 1.45. The lowest BCUT2D eigenvalue weighted by molar-refractivity contribution is 0.325. The summed E-state index contributed by atoms with van der Waals surface area (Å²) < 4.78 is 16.0. The first kappa shape index (κ1) is 13.9. The Morgan fingerprint density at radius 1 is 1.00 bits per heavy atom. The van der Waals surface area contributed by atoms with E-state index in [0.29, 0.717) is 28.9 Å². The van der Waals surface area contributed by atoms with Gasteiger partial charge in [-0.1, -0.05) is 0 Å². The molecule has 3 N–H and O–H groups in total. The van der Waals surface area contributed by atoms with E-state index in [9.17, 15) is 0 Å². The number of methoxy groups -OCH3 is 3. The Morgan fingerprint density at radius 2 is 1.75 bits per heavy atom. The quantitative estimate of drug-likeness (QED) is 0.631. The van der Waals surface area contributed by atoms with Gasteiger partial charge in [-0.15, -0.1) is 0 Å². The van der Waals surface area contributed by atoms with Gasteiger partial charge in [-0.25, -0.2) is 15.8 Å². The molecule has 106 valence electrons. The molecule has 0 saturated carbocycles. The van der Waals surface area contributed by atoms with E-state index in [1.54, 1.807) is 39.7 Å². The lowest BCUT2D eigenvalue weighted by atomic mass is 10.1. The third-order valence-electron chi connectivity index (χ3n) is 2.76. The highest BCUT2D eigenvalue weighted by Crippen LogP contribution is 2.43. The van der Waals surface area contributed by atoms with Gasteiger partial charge in [-0.3, -0.25) is 5.43 Å². The molecule has 0 saturated heterocycles. The van der Waals surface area contributed by atoms with Gasteiger partial charge in [0.25, 0.3) is 0 Å². The lowest BCUT2D eigenvalue weighted by Crippen LogP contribution is -2.10. The summed E-state index contributed by atoms with van der Waals surface area (Å²) in [7, 11) is 4.68. The maximum absolute atomic E-state index is 5.42. The SMILES string of the molecule is COc1ccc(-c2ccnc(NN)n2)c(OC)c1OC. The molecule has 7 nitrogen and oxygen atoms in total. The molecule has 0 spiro atoms. The largest absolute Gasteiger partial charge is 0.493 e. The molecule has 0 aliphatic carbocycles. The first-order chi connectivity index (χ1) is 9.74. The highest BCUT2D eigenvalue weighted by molar-refractivity contribution is 5.74. The number of ether oxygens (including phenoxy) is 3. The van der Waals surface area contributed by atoms with Crippen LogP contribution in [0.4, 0.5) is 5.95 Å². The first-order valence-electron chi connectivity index (χ1n) is 5.84. The van der Waals surface area contributed by atoms with Crippen LogP contribution in [0.1, 0.15) is 0 Å². The molecule has 7 heteroatoms. The Morgan fingerprint density at radius 3 is 2.35 bits per heavy atom. The summed E-state index contributed by atoms with van der Waals surface area (Å²) in [5.41, 5.74) is 3.82. The number of aromatic nitrogens is 2. The third-order valence-corrected chi connectivity index (χ3v) is 2.76. The predicted molar refractivity (Wildman–Crippen MR) is 74.9 cm³/mol. The zero-order valence-corrected chi connectivity index (χ0v) is 11.5. The van der Waals surface area contributed by atoms with E-state index in [1.165, 1.54) is 0 Å². The number of hydrazine groups is 1. The fraction of sp³-hybridized carbons (Fsp3) is 0.231. The Hall–Kier alpha value is -2.54. The number of hydrogen-bond donors (Lipinski definition) is 2. The average molecular weight is 276 g/mol. The van der Waals surface area contributed by atoms with Gasteiger partial charge >= 0.3 is 0 Å². The Bertz CT molecular complexity index is 604. The summed E-state index contributed by atoms with van der Waals surface area (Å²) in [5.74, 6) is 7.26. The van der Waals surface area contributed by atoms with E-state index < -0.39 is 0 Å². The molecule has 20 heavy (non-hydrogen) atoms. The molecule has 0 fully saturated rings. The van der Waals surface area contributed by atoms with E-state index in [4.69, 9.17) is 20.1 Å². The fourth-order valence-electron chi connectivity index (χ4n) is 1.88. The Kier molecular flexibility index (Phi) is 4.21. The van der Waals surface area contributed by atoms with Crippen LogP contribution in [0.25, 0.3) is 11.3 Å². The monoisotopic (exact) mass is 276 g/mol. The van der Waals surface area contributed by atoms with Gasteiger partial charge in [0.05, 0.1) is 27.0 Å². The standard InChI is InChI=1S/C13H16N4O3/c1-18-10-5-4-8(11(19-2)12(10)20-3)9-6-7-15-13(16-9)17-14/h4-7H,14H2,1-3H3,(H,15,16,17). The van der Waals surface area contributed by atoms with E-state index in [-0.39, 0.29) is 0 Å². The highest BCUT2D eigenvalue weighted by atomic mass is 16.5. The maximum atomic E-state index is 5.42. The molecule has 0 radical (unpaired) electrons. The van der Waals surface area contributed by atoms with Crippen LogP contribution >= 0.6 is 0 Å². The van der Waals surface area contributed by atoms with E-state index in [1.807, 2.05) is 6.07 Å². The minimum atomic E-state index is 0.319. The number of hydrogen-bond acceptors (Lipinski definition) is 7. The second-order valence-corrected chi connectivity index (χ2v) is 3.79. The van der Waals surface area contributed by atoms with Gasteiger partial charge in [-0.05, 0) is 18.2 Å². The van der Waals surface area contributed by atoms with Crippen molar-refractivity contribution in [3.05, 3.63) is 24.4 Å². The summed E-state index contributed by atoms with van der Waals surface area (Å²) in [6.45, 7) is 0. The molecule has 2 rings (SSSR count). The van der Waals surface area contributed by atoms with Crippen LogP contribution in [0.5, 0.6) is 17.2 Å². The van der Waals surface area contributed by atoms with Crippen LogP contribution in [0, 0.1) is 0 Å². The van der Waals surface area contributed by atoms with Crippen molar-refractivity contribution in [3.8, 4) is 28.5 Å². The topological polar surface area (TPSA) is 91.5 Å². The second kappa shape index (κ2) is 6.07. The molecular weight excluding hydrogens is 260 g/mol. The molecular formula is C13H16N4O3. The van der Waals surface area contributed by atoms with Crippen molar-refractivity contribution >= 4 is 5.95 Å². The van der Waals surface area contributed by atoms with Gasteiger partial charge in [0.15, 0.2) is 11.5 Å². The Labute approximate surface area is 116 Å². The van der Waals surface area contributed by atoms with Crippen molar-refractivity contribution in [1.29, 1.82) is 0 Å². The molecule has 1 heterocycles. The molecule has 0 aliphatic rings. The molecule has 1 aromatic carbocycles. The maximum Gasteiger partial charge on any atom is 0.237 e. The summed E-state index contributed by atoms with van der Waals surface area (Å²) in [5, 5.41) is 0. The zero-order chi connectivity index (χ0) is 14.5.